The van der Waals surface area contributed by atoms with Gasteiger partial charge < -0.3 is 15.8 Å². The fourth-order valence-electron chi connectivity index (χ4n) is 1.54. The molecule has 0 spiro atoms. The van der Waals surface area contributed by atoms with Crippen LogP contribution in [0.5, 0.6) is 5.75 Å². The van der Waals surface area contributed by atoms with Gasteiger partial charge >= 0.3 is 0 Å². The van der Waals surface area contributed by atoms with Crippen molar-refractivity contribution in [3.05, 3.63) is 40.3 Å². The van der Waals surface area contributed by atoms with Gasteiger partial charge in [0.1, 0.15) is 22.2 Å². The highest BCUT2D eigenvalue weighted by molar-refractivity contribution is 7.80. The summed E-state index contributed by atoms with van der Waals surface area (Å²) in [4.78, 5) is 17.0. The smallest absolute Gasteiger partial charge is 0.267 e. The summed E-state index contributed by atoms with van der Waals surface area (Å²) in [7, 11) is 0. The minimum Gasteiger partial charge on any atom is -0.484 e. The molecule has 1 amide bonds. The van der Waals surface area contributed by atoms with Gasteiger partial charge in [0, 0.05) is 0 Å². The molecule has 0 radical (unpaired) electrons. The lowest BCUT2D eigenvalue weighted by atomic mass is 10.2. The highest BCUT2D eigenvalue weighted by Gasteiger charge is 2.14. The third-order valence-corrected chi connectivity index (χ3v) is 3.50. The Morgan fingerprint density at radius 1 is 1.50 bits per heavy atom. The molecule has 7 heteroatoms. The van der Waals surface area contributed by atoms with E-state index in [1.165, 1.54) is 11.3 Å². The number of hydrogen-bond donors (Lipinski definition) is 2. The standard InChI is InChI=1S/C13H13N3O2S2/c1-8-12(20-7-15-8)13(17)16-9-4-2-3-5-10(9)18-6-11(14)19/h2-5,7H,6H2,1H3,(H2,14,19)(H,16,17). The largest absolute Gasteiger partial charge is 0.484 e. The van der Waals surface area contributed by atoms with E-state index in [1.807, 2.05) is 12.1 Å². The quantitative estimate of drug-likeness (QED) is 0.829. The van der Waals surface area contributed by atoms with Crippen LogP contribution in [-0.2, 0) is 0 Å². The average molecular weight is 307 g/mol. The molecule has 20 heavy (non-hydrogen) atoms. The van der Waals surface area contributed by atoms with E-state index < -0.39 is 0 Å². The molecule has 3 N–H and O–H groups in total. The zero-order chi connectivity index (χ0) is 14.5. The molecular weight excluding hydrogens is 294 g/mol. The van der Waals surface area contributed by atoms with Crippen LogP contribution in [0.2, 0.25) is 0 Å². The molecule has 1 heterocycles. The number of nitrogens with one attached hydrogen (secondary N) is 1. The average Bonchev–Trinajstić information content (AvgIpc) is 2.84. The first-order valence-electron chi connectivity index (χ1n) is 5.79. The number of aryl methyl sites for hydroxylation is 1. The summed E-state index contributed by atoms with van der Waals surface area (Å²) >= 11 is 6.06. The molecule has 1 aromatic heterocycles. The molecular formula is C13H13N3O2S2. The van der Waals surface area contributed by atoms with Crippen LogP contribution in [0.25, 0.3) is 0 Å². The summed E-state index contributed by atoms with van der Waals surface area (Å²) in [5.41, 5.74) is 8.31. The number of aromatic nitrogens is 1. The van der Waals surface area contributed by atoms with E-state index in [-0.39, 0.29) is 17.5 Å². The van der Waals surface area contributed by atoms with Crippen LogP contribution in [-0.4, -0.2) is 22.5 Å². The summed E-state index contributed by atoms with van der Waals surface area (Å²) in [6, 6.07) is 7.11. The third-order valence-electron chi connectivity index (χ3n) is 2.46. The van der Waals surface area contributed by atoms with E-state index in [0.717, 1.165) is 0 Å². The summed E-state index contributed by atoms with van der Waals surface area (Å²) in [6.07, 6.45) is 0. The molecule has 0 bridgehead atoms. The lowest BCUT2D eigenvalue weighted by Gasteiger charge is -2.11. The molecule has 0 unspecified atom stereocenters. The molecule has 0 fully saturated rings. The Bertz CT molecular complexity index is 640. The number of benzene rings is 1. The number of nitrogens with two attached hydrogens (primary N) is 1. The molecule has 0 aliphatic rings. The van der Waals surface area contributed by atoms with E-state index in [2.05, 4.69) is 10.3 Å². The van der Waals surface area contributed by atoms with Crippen molar-refractivity contribution in [1.82, 2.24) is 4.98 Å². The van der Waals surface area contributed by atoms with E-state index >= 15 is 0 Å². The number of ether oxygens (including phenoxy) is 1. The predicted molar refractivity (Wildman–Crippen MR) is 83.5 cm³/mol. The van der Waals surface area contributed by atoms with Gasteiger partial charge in [-0.15, -0.1) is 11.3 Å². The Labute approximate surface area is 125 Å². The van der Waals surface area contributed by atoms with Gasteiger partial charge in [-0.2, -0.15) is 0 Å². The van der Waals surface area contributed by atoms with Crippen molar-refractivity contribution in [3.63, 3.8) is 0 Å². The predicted octanol–water partition coefficient (Wildman–Crippen LogP) is 2.37. The molecule has 5 nitrogen and oxygen atoms in total. The minimum atomic E-state index is -0.212. The highest BCUT2D eigenvalue weighted by Crippen LogP contribution is 2.25. The lowest BCUT2D eigenvalue weighted by Crippen LogP contribution is -2.19. The molecule has 1 aromatic carbocycles. The molecule has 0 atom stereocenters. The Kier molecular flexibility index (Phi) is 4.65. The Hall–Kier alpha value is -1.99. The summed E-state index contributed by atoms with van der Waals surface area (Å²) in [6.45, 7) is 1.92. The fraction of sp³-hybridized carbons (Fsp3) is 0.154. The number of anilines is 1. The fourth-order valence-corrected chi connectivity index (χ4v) is 2.30. The number of thiazole rings is 1. The van der Waals surface area contributed by atoms with Gasteiger partial charge in [0.15, 0.2) is 0 Å². The first-order chi connectivity index (χ1) is 9.58. The zero-order valence-electron chi connectivity index (χ0n) is 10.8. The van der Waals surface area contributed by atoms with Crippen molar-refractivity contribution in [2.24, 2.45) is 5.73 Å². The number of nitrogens with zero attached hydrogens (tertiary/aromatic N) is 1. The topological polar surface area (TPSA) is 77.2 Å². The second kappa shape index (κ2) is 6.44. The molecule has 0 aliphatic carbocycles. The number of carbonyl (C=O) groups is 1. The van der Waals surface area contributed by atoms with Gasteiger partial charge in [-0.25, -0.2) is 4.98 Å². The van der Waals surface area contributed by atoms with Crippen LogP contribution in [0.4, 0.5) is 5.69 Å². The van der Waals surface area contributed by atoms with Crippen LogP contribution >= 0.6 is 23.6 Å². The number of amides is 1. The van der Waals surface area contributed by atoms with E-state index in [0.29, 0.717) is 22.0 Å². The van der Waals surface area contributed by atoms with Crippen LogP contribution in [0.15, 0.2) is 29.8 Å². The second-order valence-electron chi connectivity index (χ2n) is 3.97. The number of hydrogen-bond acceptors (Lipinski definition) is 5. The normalized spacial score (nSPS) is 10.1. The van der Waals surface area contributed by atoms with Gasteiger partial charge in [-0.05, 0) is 19.1 Å². The van der Waals surface area contributed by atoms with E-state index in [9.17, 15) is 4.79 Å². The molecule has 0 saturated heterocycles. The second-order valence-corrected chi connectivity index (χ2v) is 5.35. The maximum atomic E-state index is 12.1. The third kappa shape index (κ3) is 3.52. The lowest BCUT2D eigenvalue weighted by molar-refractivity contribution is 0.102. The van der Waals surface area contributed by atoms with Gasteiger partial charge in [-0.3, -0.25) is 4.79 Å². The van der Waals surface area contributed by atoms with Crippen molar-refractivity contribution >= 4 is 40.1 Å². The Morgan fingerprint density at radius 3 is 2.90 bits per heavy atom. The first-order valence-corrected chi connectivity index (χ1v) is 7.08. The van der Waals surface area contributed by atoms with E-state index in [1.54, 1.807) is 24.6 Å². The first kappa shape index (κ1) is 14.4. The van der Waals surface area contributed by atoms with Crippen LogP contribution < -0.4 is 15.8 Å². The number of thiocarbonyl (C=S) groups is 1. The Balaban J connectivity index is 2.15. The number of carbonyl (C=O) groups excluding carboxylic acids is 1. The summed E-state index contributed by atoms with van der Waals surface area (Å²) in [5.74, 6) is 0.312. The number of rotatable bonds is 5. The van der Waals surface area contributed by atoms with Crippen LogP contribution in [0, 0.1) is 6.92 Å². The minimum absolute atomic E-state index is 0.127. The van der Waals surface area contributed by atoms with Crippen molar-refractivity contribution in [2.75, 3.05) is 11.9 Å². The van der Waals surface area contributed by atoms with Crippen molar-refractivity contribution < 1.29 is 9.53 Å². The summed E-state index contributed by atoms with van der Waals surface area (Å²) < 4.78 is 5.45. The SMILES string of the molecule is Cc1ncsc1C(=O)Nc1ccccc1OCC(N)=S. The van der Waals surface area contributed by atoms with Gasteiger partial charge in [0.25, 0.3) is 5.91 Å². The maximum absolute atomic E-state index is 12.1. The molecule has 104 valence electrons. The van der Waals surface area contributed by atoms with E-state index in [4.69, 9.17) is 22.7 Å². The van der Waals surface area contributed by atoms with Crippen LogP contribution in [0.1, 0.15) is 15.4 Å². The molecule has 0 aliphatic heterocycles. The molecule has 2 aromatic rings. The number of para-hydroxylation sites is 2. The van der Waals surface area contributed by atoms with Gasteiger partial charge in [0.2, 0.25) is 0 Å². The van der Waals surface area contributed by atoms with Crippen molar-refractivity contribution in [1.29, 1.82) is 0 Å². The summed E-state index contributed by atoms with van der Waals surface area (Å²) in [5, 5.41) is 2.80. The zero-order valence-corrected chi connectivity index (χ0v) is 12.4. The molecule has 2 rings (SSSR count). The van der Waals surface area contributed by atoms with Crippen molar-refractivity contribution in [2.45, 2.75) is 6.92 Å². The van der Waals surface area contributed by atoms with Gasteiger partial charge in [0.05, 0.1) is 16.9 Å². The highest BCUT2D eigenvalue weighted by atomic mass is 32.1. The molecule has 0 saturated carbocycles. The van der Waals surface area contributed by atoms with Crippen molar-refractivity contribution in [3.8, 4) is 5.75 Å². The maximum Gasteiger partial charge on any atom is 0.267 e. The monoisotopic (exact) mass is 307 g/mol. The van der Waals surface area contributed by atoms with Gasteiger partial charge in [-0.1, -0.05) is 24.4 Å². The van der Waals surface area contributed by atoms with Crippen LogP contribution in [0.3, 0.4) is 0 Å². The Morgan fingerprint density at radius 2 is 2.25 bits per heavy atom.